The third-order valence-electron chi connectivity index (χ3n) is 6.10. The molecule has 0 spiro atoms. The van der Waals surface area contributed by atoms with Gasteiger partial charge in [0, 0.05) is 38.0 Å². The van der Waals surface area contributed by atoms with Crippen LogP contribution < -0.4 is 15.8 Å². The van der Waals surface area contributed by atoms with Crippen LogP contribution in [0.1, 0.15) is 56.6 Å². The zero-order chi connectivity index (χ0) is 25.1. The van der Waals surface area contributed by atoms with Crippen molar-refractivity contribution in [3.63, 3.8) is 0 Å². The van der Waals surface area contributed by atoms with Crippen molar-refractivity contribution < 1.29 is 29.6 Å². The average molecular weight is 475 g/mol. The number of Topliss-reactive ketones (excluding diaryl/α,β-unsaturated/α-hetero) is 2. The number of ketones is 2. The highest BCUT2D eigenvalue weighted by atomic mass is 16.5. The molecule has 8 heteroatoms. The Labute approximate surface area is 201 Å². The van der Waals surface area contributed by atoms with Gasteiger partial charge in [-0.15, -0.1) is 0 Å². The van der Waals surface area contributed by atoms with E-state index in [1.165, 1.54) is 7.11 Å². The van der Waals surface area contributed by atoms with Crippen LogP contribution in [-0.2, 0) is 22.4 Å². The van der Waals surface area contributed by atoms with Crippen LogP contribution >= 0.6 is 0 Å². The molecule has 0 aliphatic carbocycles. The number of nitrogens with one attached hydrogen (secondary N) is 1. The van der Waals surface area contributed by atoms with E-state index in [-0.39, 0.29) is 31.1 Å². The molecular formula is C26H38N2O6. The van der Waals surface area contributed by atoms with E-state index in [1.807, 2.05) is 13.0 Å². The molecule has 188 valence electrons. The number of allylic oxidation sites excluding steroid dienone is 2. The number of carbonyl (C=O) groups excluding carboxylic acids is 2. The molecule has 0 fully saturated rings. The zero-order valence-electron chi connectivity index (χ0n) is 20.2. The molecule has 0 saturated carbocycles. The lowest BCUT2D eigenvalue weighted by molar-refractivity contribution is -0.138. The number of rotatable bonds is 15. The first kappa shape index (κ1) is 27.4. The first-order valence-electron chi connectivity index (χ1n) is 11.9. The molecule has 6 N–H and O–H groups in total. The number of hydrogen-bond acceptors (Lipinski definition) is 8. The number of carbonyl (C=O) groups is 2. The molecule has 1 aliphatic heterocycles. The molecule has 8 nitrogen and oxygen atoms in total. The molecule has 1 aliphatic rings. The van der Waals surface area contributed by atoms with Gasteiger partial charge in [0.1, 0.15) is 0 Å². The van der Waals surface area contributed by atoms with Crippen molar-refractivity contribution in [2.24, 2.45) is 11.7 Å². The van der Waals surface area contributed by atoms with Gasteiger partial charge in [-0.2, -0.15) is 0 Å². The number of phenolic OH excluding ortho intramolecular Hbond substituents is 1. The fourth-order valence-electron chi connectivity index (χ4n) is 4.14. The summed E-state index contributed by atoms with van der Waals surface area (Å²) >= 11 is 0. The molecular weight excluding hydrogens is 436 g/mol. The van der Waals surface area contributed by atoms with Crippen LogP contribution in [0, 0.1) is 5.92 Å². The van der Waals surface area contributed by atoms with Gasteiger partial charge >= 0.3 is 0 Å². The number of benzene rings is 1. The minimum absolute atomic E-state index is 0.00512. The number of methoxy groups -OCH3 is 1. The monoisotopic (exact) mass is 474 g/mol. The lowest BCUT2D eigenvalue weighted by Gasteiger charge is -2.16. The SMILES string of the molecule is CCC[C@H](CO)CCCC(=O)[C@H](O)C(=O)CCc1cc(CC2=CCNC(N)=C2)c(O)c(OC)c1. The molecule has 34 heavy (non-hydrogen) atoms. The molecule has 0 amide bonds. The van der Waals surface area contributed by atoms with E-state index in [4.69, 9.17) is 10.5 Å². The summed E-state index contributed by atoms with van der Waals surface area (Å²) in [6, 6.07) is 3.46. The first-order chi connectivity index (χ1) is 16.3. The molecule has 0 bridgehead atoms. The van der Waals surface area contributed by atoms with E-state index >= 15 is 0 Å². The molecule has 1 aromatic carbocycles. The molecule has 2 rings (SSSR count). The molecule has 0 radical (unpaired) electrons. The van der Waals surface area contributed by atoms with Crippen LogP contribution in [0.25, 0.3) is 0 Å². The number of phenols is 1. The van der Waals surface area contributed by atoms with Crippen LogP contribution in [-0.4, -0.2) is 53.3 Å². The zero-order valence-corrected chi connectivity index (χ0v) is 20.2. The van der Waals surface area contributed by atoms with Crippen molar-refractivity contribution in [2.75, 3.05) is 20.3 Å². The van der Waals surface area contributed by atoms with Crippen molar-refractivity contribution >= 4 is 11.6 Å². The Bertz CT molecular complexity index is 909. The number of dihydropyridines is 1. The summed E-state index contributed by atoms with van der Waals surface area (Å²) in [5.74, 6) is 0.0301. The molecule has 0 saturated heterocycles. The van der Waals surface area contributed by atoms with Crippen molar-refractivity contribution in [3.8, 4) is 11.5 Å². The topological polar surface area (TPSA) is 142 Å². The Morgan fingerprint density at radius 1 is 1.21 bits per heavy atom. The predicted octanol–water partition coefficient (Wildman–Crippen LogP) is 2.28. The van der Waals surface area contributed by atoms with Gasteiger partial charge in [-0.05, 0) is 54.9 Å². The smallest absolute Gasteiger partial charge is 0.170 e. The molecule has 1 aromatic rings. The third-order valence-corrected chi connectivity index (χ3v) is 6.10. The second-order valence-electron chi connectivity index (χ2n) is 8.81. The van der Waals surface area contributed by atoms with E-state index in [0.29, 0.717) is 49.4 Å². The Hall–Kier alpha value is -2.84. The summed E-state index contributed by atoms with van der Waals surface area (Å²) in [6.07, 6.45) is 6.09. The van der Waals surface area contributed by atoms with Gasteiger partial charge in [-0.3, -0.25) is 9.59 Å². The fourth-order valence-corrected chi connectivity index (χ4v) is 4.14. The van der Waals surface area contributed by atoms with Crippen LogP contribution in [0.2, 0.25) is 0 Å². The number of aromatic hydroxyl groups is 1. The Morgan fingerprint density at radius 2 is 1.94 bits per heavy atom. The van der Waals surface area contributed by atoms with Crippen molar-refractivity contribution in [3.05, 3.63) is 46.8 Å². The van der Waals surface area contributed by atoms with Crippen LogP contribution in [0.15, 0.2) is 35.7 Å². The summed E-state index contributed by atoms with van der Waals surface area (Å²) in [5.41, 5.74) is 8.17. The number of hydrogen-bond donors (Lipinski definition) is 5. The minimum Gasteiger partial charge on any atom is -0.504 e. The molecule has 2 atom stereocenters. The second-order valence-corrected chi connectivity index (χ2v) is 8.81. The summed E-state index contributed by atoms with van der Waals surface area (Å²) < 4.78 is 5.29. The van der Waals surface area contributed by atoms with Crippen molar-refractivity contribution in [1.29, 1.82) is 0 Å². The van der Waals surface area contributed by atoms with Gasteiger partial charge in [0.05, 0.1) is 12.9 Å². The Kier molecular flexibility index (Phi) is 11.1. The van der Waals surface area contributed by atoms with Gasteiger partial charge in [0.25, 0.3) is 0 Å². The van der Waals surface area contributed by atoms with Crippen LogP contribution in [0.5, 0.6) is 11.5 Å². The standard InChI is InChI=1S/C26H38N2O6/c1-3-5-17(16-29)6-4-7-21(30)26(33)22(31)9-8-18-12-20(25(32)23(14-18)34-2)13-19-10-11-28-24(27)15-19/h10,12,14-15,17,26,28-29,32-33H,3-9,11,13,16,27H2,1-2H3/t17-,26-/m0/s1. The molecule has 0 aromatic heterocycles. The maximum absolute atomic E-state index is 12.4. The Morgan fingerprint density at radius 3 is 2.59 bits per heavy atom. The summed E-state index contributed by atoms with van der Waals surface area (Å²) in [6.45, 7) is 2.73. The van der Waals surface area contributed by atoms with Gasteiger partial charge in [-0.25, -0.2) is 0 Å². The third kappa shape index (κ3) is 8.18. The highest BCUT2D eigenvalue weighted by molar-refractivity contribution is 6.05. The molecule has 1 heterocycles. The van der Waals surface area contributed by atoms with E-state index in [1.54, 1.807) is 18.2 Å². The summed E-state index contributed by atoms with van der Waals surface area (Å²) in [5, 5.41) is 33.1. The first-order valence-corrected chi connectivity index (χ1v) is 11.9. The van der Waals surface area contributed by atoms with E-state index in [9.17, 15) is 24.9 Å². The van der Waals surface area contributed by atoms with Gasteiger partial charge in [0.15, 0.2) is 29.2 Å². The highest BCUT2D eigenvalue weighted by Gasteiger charge is 2.23. The van der Waals surface area contributed by atoms with Crippen LogP contribution in [0.4, 0.5) is 0 Å². The van der Waals surface area contributed by atoms with E-state index in [0.717, 1.165) is 24.0 Å². The van der Waals surface area contributed by atoms with Crippen LogP contribution in [0.3, 0.4) is 0 Å². The van der Waals surface area contributed by atoms with E-state index < -0.39 is 17.7 Å². The summed E-state index contributed by atoms with van der Waals surface area (Å²) in [7, 11) is 1.46. The normalized spacial score (nSPS) is 15.1. The largest absolute Gasteiger partial charge is 0.504 e. The number of aryl methyl sites for hydroxylation is 1. The van der Waals surface area contributed by atoms with Crippen molar-refractivity contribution in [2.45, 2.75) is 64.4 Å². The Balaban J connectivity index is 1.96. The lowest BCUT2D eigenvalue weighted by Crippen LogP contribution is -2.30. The maximum Gasteiger partial charge on any atom is 0.170 e. The average Bonchev–Trinajstić information content (AvgIpc) is 2.82. The number of nitrogens with two attached hydrogens (primary N) is 1. The predicted molar refractivity (Wildman–Crippen MR) is 130 cm³/mol. The fraction of sp³-hybridized carbons (Fsp3) is 0.538. The van der Waals surface area contributed by atoms with Gasteiger partial charge < -0.3 is 31.1 Å². The molecule has 0 unspecified atom stereocenters. The second kappa shape index (κ2) is 13.8. The minimum atomic E-state index is -1.63. The highest BCUT2D eigenvalue weighted by Crippen LogP contribution is 2.34. The van der Waals surface area contributed by atoms with E-state index in [2.05, 4.69) is 5.32 Å². The van der Waals surface area contributed by atoms with Crippen molar-refractivity contribution in [1.82, 2.24) is 5.32 Å². The maximum atomic E-state index is 12.4. The van der Waals surface area contributed by atoms with Gasteiger partial charge in [0.2, 0.25) is 0 Å². The number of aliphatic hydroxyl groups excluding tert-OH is 2. The number of aliphatic hydroxyl groups is 2. The van der Waals surface area contributed by atoms with Gasteiger partial charge in [-0.1, -0.05) is 25.5 Å². The lowest BCUT2D eigenvalue weighted by atomic mass is 9.94. The summed E-state index contributed by atoms with van der Waals surface area (Å²) in [4.78, 5) is 24.7. The quantitative estimate of drug-likeness (QED) is 0.244. The number of ether oxygens (including phenoxy) is 1.